The number of esters is 1. The molecule has 0 aromatic heterocycles. The fourth-order valence-corrected chi connectivity index (χ4v) is 2.52. The summed E-state index contributed by atoms with van der Waals surface area (Å²) in [6, 6.07) is 15.3. The number of hydrogen-bond acceptors (Lipinski definition) is 4. The summed E-state index contributed by atoms with van der Waals surface area (Å²) in [4.78, 5) is 36.0. The van der Waals surface area contributed by atoms with Crippen molar-refractivity contribution >= 4 is 23.5 Å². The van der Waals surface area contributed by atoms with Crippen LogP contribution in [0.4, 0.5) is 5.69 Å². The average Bonchev–Trinajstić information content (AvgIpc) is 2.72. The quantitative estimate of drug-likeness (QED) is 0.685. The van der Waals surface area contributed by atoms with Crippen molar-refractivity contribution in [1.82, 2.24) is 5.32 Å². The van der Waals surface area contributed by atoms with Gasteiger partial charge in [0.2, 0.25) is 0 Å². The second kappa shape index (κ2) is 10.3. The zero-order valence-corrected chi connectivity index (χ0v) is 16.4. The Morgan fingerprint density at radius 3 is 2.21 bits per heavy atom. The topological polar surface area (TPSA) is 84.5 Å². The van der Waals surface area contributed by atoms with Gasteiger partial charge in [0.25, 0.3) is 11.8 Å². The van der Waals surface area contributed by atoms with Gasteiger partial charge < -0.3 is 15.4 Å². The lowest BCUT2D eigenvalue weighted by molar-refractivity contribution is -0.148. The lowest BCUT2D eigenvalue weighted by Crippen LogP contribution is -2.40. The van der Waals surface area contributed by atoms with E-state index in [4.69, 9.17) is 4.74 Å². The number of hydrogen-bond donors (Lipinski definition) is 2. The molecule has 2 aromatic carbocycles. The van der Waals surface area contributed by atoms with E-state index in [0.717, 1.165) is 6.42 Å². The predicted molar refractivity (Wildman–Crippen MR) is 108 cm³/mol. The number of nitrogens with one attached hydrogen (secondary N) is 2. The zero-order valence-electron chi connectivity index (χ0n) is 16.4. The first kappa shape index (κ1) is 21.2. The molecule has 148 valence electrons. The molecule has 0 radical (unpaired) electrons. The molecule has 0 spiro atoms. The first-order valence-corrected chi connectivity index (χ1v) is 9.33. The zero-order chi connectivity index (χ0) is 20.5. The molecule has 0 aliphatic carbocycles. The first-order valence-electron chi connectivity index (χ1n) is 9.33. The van der Waals surface area contributed by atoms with Crippen molar-refractivity contribution in [3.8, 4) is 0 Å². The maximum Gasteiger partial charge on any atom is 0.328 e. The highest BCUT2D eigenvalue weighted by molar-refractivity contribution is 5.97. The summed E-state index contributed by atoms with van der Waals surface area (Å²) in [6.07, 6.45) is 1.04. The summed E-state index contributed by atoms with van der Waals surface area (Å²) in [5.41, 5.74) is 2.29. The monoisotopic (exact) mass is 382 g/mol. The number of carbonyl (C=O) groups excluding carboxylic acids is 3. The van der Waals surface area contributed by atoms with Crippen LogP contribution >= 0.6 is 0 Å². The highest BCUT2D eigenvalue weighted by Crippen LogP contribution is 2.20. The minimum Gasteiger partial charge on any atom is -0.454 e. The van der Waals surface area contributed by atoms with E-state index in [1.165, 1.54) is 12.5 Å². The molecule has 0 saturated heterocycles. The van der Waals surface area contributed by atoms with E-state index < -0.39 is 24.5 Å². The third-order valence-electron chi connectivity index (χ3n) is 4.46. The smallest absolute Gasteiger partial charge is 0.328 e. The molecule has 2 atom stereocenters. The SMILES string of the molecule is CC[C@@H](C)c1ccc(NC(=O)COC(=O)[C@H](C)NC(=O)c2ccccc2)cc1. The molecule has 0 unspecified atom stereocenters. The molecule has 0 fully saturated rings. The maximum atomic E-state index is 12.0. The average molecular weight is 382 g/mol. The van der Waals surface area contributed by atoms with E-state index in [1.54, 1.807) is 30.3 Å². The summed E-state index contributed by atoms with van der Waals surface area (Å²) in [5.74, 6) is -1.04. The molecule has 2 N–H and O–H groups in total. The molecule has 2 aromatic rings. The van der Waals surface area contributed by atoms with Gasteiger partial charge in [-0.2, -0.15) is 0 Å². The molecule has 0 heterocycles. The van der Waals surface area contributed by atoms with Gasteiger partial charge in [0.1, 0.15) is 6.04 Å². The van der Waals surface area contributed by atoms with E-state index >= 15 is 0 Å². The molecule has 6 heteroatoms. The Hall–Kier alpha value is -3.15. The second-order valence-corrected chi connectivity index (χ2v) is 6.65. The number of benzene rings is 2. The number of amides is 2. The Morgan fingerprint density at radius 1 is 0.964 bits per heavy atom. The fourth-order valence-electron chi connectivity index (χ4n) is 2.52. The highest BCUT2D eigenvalue weighted by atomic mass is 16.5. The van der Waals surface area contributed by atoms with Gasteiger partial charge in [0, 0.05) is 11.3 Å². The molecule has 28 heavy (non-hydrogen) atoms. The van der Waals surface area contributed by atoms with Crippen molar-refractivity contribution < 1.29 is 19.1 Å². The molecular weight excluding hydrogens is 356 g/mol. The third kappa shape index (κ3) is 6.23. The summed E-state index contributed by atoms with van der Waals surface area (Å²) in [5, 5.41) is 5.23. The molecule has 0 bridgehead atoms. The Kier molecular flexibility index (Phi) is 7.75. The minimum atomic E-state index is -0.865. The number of carbonyl (C=O) groups is 3. The lowest BCUT2D eigenvalue weighted by atomic mass is 9.99. The maximum absolute atomic E-state index is 12.0. The molecule has 6 nitrogen and oxygen atoms in total. The van der Waals surface area contributed by atoms with Crippen molar-refractivity contribution in [3.63, 3.8) is 0 Å². The summed E-state index contributed by atoms with van der Waals surface area (Å²) in [6.45, 7) is 5.36. The van der Waals surface area contributed by atoms with Gasteiger partial charge in [-0.3, -0.25) is 9.59 Å². The number of rotatable bonds is 8. The van der Waals surface area contributed by atoms with Gasteiger partial charge in [0.15, 0.2) is 6.61 Å². The molecular formula is C22H26N2O4. The summed E-state index contributed by atoms with van der Waals surface area (Å²) < 4.78 is 4.99. The molecule has 0 saturated carbocycles. The molecule has 0 aliphatic heterocycles. The van der Waals surface area contributed by atoms with Crippen LogP contribution in [0.25, 0.3) is 0 Å². The fraction of sp³-hybridized carbons (Fsp3) is 0.318. The third-order valence-corrected chi connectivity index (χ3v) is 4.46. The van der Waals surface area contributed by atoms with Gasteiger partial charge in [-0.25, -0.2) is 4.79 Å². The normalized spacial score (nSPS) is 12.5. The molecule has 0 aliphatic rings. The van der Waals surface area contributed by atoms with Crippen LogP contribution in [0.2, 0.25) is 0 Å². The van der Waals surface area contributed by atoms with Crippen LogP contribution in [0.5, 0.6) is 0 Å². The van der Waals surface area contributed by atoms with Crippen molar-refractivity contribution in [2.24, 2.45) is 0 Å². The lowest BCUT2D eigenvalue weighted by Gasteiger charge is -2.14. The van der Waals surface area contributed by atoms with E-state index in [0.29, 0.717) is 17.2 Å². The summed E-state index contributed by atoms with van der Waals surface area (Å²) >= 11 is 0. The van der Waals surface area contributed by atoms with Crippen LogP contribution in [0.1, 0.15) is 49.0 Å². The van der Waals surface area contributed by atoms with Crippen molar-refractivity contribution in [3.05, 3.63) is 65.7 Å². The molecule has 2 amide bonds. The van der Waals surface area contributed by atoms with Crippen LogP contribution in [-0.4, -0.2) is 30.4 Å². The Bertz CT molecular complexity index is 803. The second-order valence-electron chi connectivity index (χ2n) is 6.65. The van der Waals surface area contributed by atoms with Crippen LogP contribution in [0.3, 0.4) is 0 Å². The Morgan fingerprint density at radius 2 is 1.61 bits per heavy atom. The Labute approximate surface area is 165 Å². The standard InChI is InChI=1S/C22H26N2O4/c1-4-15(2)17-10-12-19(13-11-17)24-20(25)14-28-22(27)16(3)23-21(26)18-8-6-5-7-9-18/h5-13,15-16H,4,14H2,1-3H3,(H,23,26)(H,24,25)/t15-,16+/m1/s1. The van der Waals surface area contributed by atoms with E-state index in [-0.39, 0.29) is 5.91 Å². The van der Waals surface area contributed by atoms with Crippen molar-refractivity contribution in [2.45, 2.75) is 39.2 Å². The Balaban J connectivity index is 1.78. The van der Waals surface area contributed by atoms with Gasteiger partial charge in [0.05, 0.1) is 0 Å². The van der Waals surface area contributed by atoms with Crippen molar-refractivity contribution in [2.75, 3.05) is 11.9 Å². The molecule has 2 rings (SSSR count). The van der Waals surface area contributed by atoms with Crippen LogP contribution in [-0.2, 0) is 14.3 Å². The first-order chi connectivity index (χ1) is 13.4. The van der Waals surface area contributed by atoms with Crippen LogP contribution in [0.15, 0.2) is 54.6 Å². The number of anilines is 1. The van der Waals surface area contributed by atoms with Crippen LogP contribution in [0, 0.1) is 0 Å². The largest absolute Gasteiger partial charge is 0.454 e. The van der Waals surface area contributed by atoms with Gasteiger partial charge in [-0.15, -0.1) is 0 Å². The van der Waals surface area contributed by atoms with E-state index in [2.05, 4.69) is 24.5 Å². The van der Waals surface area contributed by atoms with Gasteiger partial charge >= 0.3 is 5.97 Å². The van der Waals surface area contributed by atoms with E-state index in [9.17, 15) is 14.4 Å². The van der Waals surface area contributed by atoms with Crippen LogP contribution < -0.4 is 10.6 Å². The summed E-state index contributed by atoms with van der Waals surface area (Å²) in [7, 11) is 0. The predicted octanol–water partition coefficient (Wildman–Crippen LogP) is 3.50. The number of ether oxygens (including phenoxy) is 1. The minimum absolute atomic E-state index is 0.379. The van der Waals surface area contributed by atoms with Crippen molar-refractivity contribution in [1.29, 1.82) is 0 Å². The van der Waals surface area contributed by atoms with Gasteiger partial charge in [-0.05, 0) is 49.1 Å². The van der Waals surface area contributed by atoms with Gasteiger partial charge in [-0.1, -0.05) is 44.2 Å². The van der Waals surface area contributed by atoms with E-state index in [1.807, 2.05) is 24.3 Å². The highest BCUT2D eigenvalue weighted by Gasteiger charge is 2.19.